The highest BCUT2D eigenvalue weighted by Crippen LogP contribution is 2.24. The maximum absolute atomic E-state index is 11.8. The first kappa shape index (κ1) is 16.0. The Bertz CT molecular complexity index is 507. The molecule has 3 amide bonds. The van der Waals surface area contributed by atoms with Gasteiger partial charge in [-0.2, -0.15) is 0 Å². The predicted octanol–water partition coefficient (Wildman–Crippen LogP) is 1.03. The van der Waals surface area contributed by atoms with E-state index in [1.54, 1.807) is 13.8 Å². The third-order valence-corrected chi connectivity index (χ3v) is 3.43. The monoisotopic (exact) mass is 299 g/mol. The van der Waals surface area contributed by atoms with Crippen LogP contribution in [0.25, 0.3) is 0 Å². The van der Waals surface area contributed by atoms with Crippen molar-refractivity contribution in [1.29, 1.82) is 0 Å². The molecule has 1 unspecified atom stereocenters. The highest BCUT2D eigenvalue weighted by molar-refractivity contribution is 7.14. The number of urea groups is 1. The molecule has 1 aromatic rings. The minimum absolute atomic E-state index is 0.317. The lowest BCUT2D eigenvalue weighted by Crippen LogP contribution is -2.44. The van der Waals surface area contributed by atoms with Crippen LogP contribution >= 0.6 is 11.3 Å². The lowest BCUT2D eigenvalue weighted by Gasteiger charge is -2.12. The molecule has 0 aliphatic rings. The highest BCUT2D eigenvalue weighted by atomic mass is 32.1. The molecular formula is C12H17N3O4S. The molecule has 0 bridgehead atoms. The number of hydrogen-bond acceptors (Lipinski definition) is 6. The van der Waals surface area contributed by atoms with E-state index in [1.165, 1.54) is 24.3 Å². The Morgan fingerprint density at radius 1 is 1.45 bits per heavy atom. The van der Waals surface area contributed by atoms with Gasteiger partial charge in [0, 0.05) is 17.1 Å². The molecule has 0 radical (unpaired) electrons. The van der Waals surface area contributed by atoms with Crippen LogP contribution in [0.4, 0.5) is 10.5 Å². The SMILES string of the molecule is CCNC(=O)NC(=O)C(C)OC(=O)c1cc(N)c(C)s1. The maximum Gasteiger partial charge on any atom is 0.349 e. The van der Waals surface area contributed by atoms with Gasteiger partial charge in [0.2, 0.25) is 0 Å². The van der Waals surface area contributed by atoms with Crippen molar-refractivity contribution in [3.8, 4) is 0 Å². The number of imide groups is 1. The van der Waals surface area contributed by atoms with E-state index in [4.69, 9.17) is 10.5 Å². The van der Waals surface area contributed by atoms with Gasteiger partial charge in [0.1, 0.15) is 4.88 Å². The van der Waals surface area contributed by atoms with Gasteiger partial charge >= 0.3 is 12.0 Å². The standard InChI is InChI=1S/C12H17N3O4S/c1-4-14-12(18)15-10(16)6(2)19-11(17)9-5-8(13)7(3)20-9/h5-6H,4,13H2,1-3H3,(H2,14,15,16,18). The number of nitrogens with two attached hydrogens (primary N) is 1. The fraction of sp³-hybridized carbons (Fsp3) is 0.417. The van der Waals surface area contributed by atoms with Crippen molar-refractivity contribution in [3.05, 3.63) is 15.8 Å². The van der Waals surface area contributed by atoms with Crippen LogP contribution in [0.3, 0.4) is 0 Å². The van der Waals surface area contributed by atoms with E-state index in [-0.39, 0.29) is 0 Å². The zero-order valence-electron chi connectivity index (χ0n) is 11.5. The minimum Gasteiger partial charge on any atom is -0.448 e. The largest absolute Gasteiger partial charge is 0.448 e. The number of hydrogen-bond donors (Lipinski definition) is 3. The lowest BCUT2D eigenvalue weighted by molar-refractivity contribution is -0.127. The summed E-state index contributed by atoms with van der Waals surface area (Å²) in [6, 6.07) is 0.869. The van der Waals surface area contributed by atoms with Crippen molar-refractivity contribution in [2.75, 3.05) is 12.3 Å². The number of amides is 3. The number of esters is 1. The molecule has 20 heavy (non-hydrogen) atoms. The second-order valence-electron chi connectivity index (χ2n) is 4.02. The first-order chi connectivity index (χ1) is 9.35. The van der Waals surface area contributed by atoms with Crippen molar-refractivity contribution in [3.63, 3.8) is 0 Å². The summed E-state index contributed by atoms with van der Waals surface area (Å²) in [6.07, 6.45) is -1.08. The summed E-state index contributed by atoms with van der Waals surface area (Å²) in [5.41, 5.74) is 6.14. The number of carbonyl (C=O) groups excluding carboxylic acids is 3. The van der Waals surface area contributed by atoms with E-state index in [9.17, 15) is 14.4 Å². The van der Waals surface area contributed by atoms with Crippen molar-refractivity contribution in [2.45, 2.75) is 26.9 Å². The third kappa shape index (κ3) is 4.23. The molecule has 0 fully saturated rings. The summed E-state index contributed by atoms with van der Waals surface area (Å²) in [7, 11) is 0. The number of aryl methyl sites for hydroxylation is 1. The van der Waals surface area contributed by atoms with Crippen molar-refractivity contribution >= 4 is 34.9 Å². The lowest BCUT2D eigenvalue weighted by atomic mass is 10.3. The number of ether oxygens (including phenoxy) is 1. The van der Waals surface area contributed by atoms with Gasteiger partial charge in [0.05, 0.1) is 0 Å². The summed E-state index contributed by atoms with van der Waals surface area (Å²) in [5.74, 6) is -1.33. The molecule has 0 saturated carbocycles. The normalized spacial score (nSPS) is 11.6. The zero-order chi connectivity index (χ0) is 15.3. The summed E-state index contributed by atoms with van der Waals surface area (Å²) in [5, 5.41) is 4.47. The van der Waals surface area contributed by atoms with E-state index in [0.29, 0.717) is 17.1 Å². The van der Waals surface area contributed by atoms with Crippen molar-refractivity contribution in [2.24, 2.45) is 0 Å². The van der Waals surface area contributed by atoms with Gasteiger partial charge < -0.3 is 15.8 Å². The van der Waals surface area contributed by atoms with Crippen LogP contribution in [0.15, 0.2) is 6.07 Å². The van der Waals surface area contributed by atoms with E-state index < -0.39 is 24.0 Å². The van der Waals surface area contributed by atoms with Crippen LogP contribution in [-0.2, 0) is 9.53 Å². The average Bonchev–Trinajstić information content (AvgIpc) is 2.69. The molecule has 0 saturated heterocycles. The molecule has 0 aromatic carbocycles. The van der Waals surface area contributed by atoms with Gasteiger partial charge in [-0.25, -0.2) is 9.59 Å². The van der Waals surface area contributed by atoms with Gasteiger partial charge in [0.15, 0.2) is 6.10 Å². The number of nitrogen functional groups attached to an aromatic ring is 1. The van der Waals surface area contributed by atoms with E-state index in [1.807, 2.05) is 0 Å². The van der Waals surface area contributed by atoms with Crippen molar-refractivity contribution < 1.29 is 19.1 Å². The topological polar surface area (TPSA) is 111 Å². The third-order valence-electron chi connectivity index (χ3n) is 2.38. The molecule has 0 aliphatic carbocycles. The summed E-state index contributed by atoms with van der Waals surface area (Å²) in [6.45, 7) is 5.27. The number of thiophene rings is 1. The van der Waals surface area contributed by atoms with Crippen LogP contribution in [-0.4, -0.2) is 30.6 Å². The Morgan fingerprint density at radius 3 is 2.60 bits per heavy atom. The molecule has 1 heterocycles. The number of nitrogens with one attached hydrogen (secondary N) is 2. The second-order valence-corrected chi connectivity index (χ2v) is 5.27. The molecule has 4 N–H and O–H groups in total. The number of rotatable bonds is 4. The predicted molar refractivity (Wildman–Crippen MR) is 75.6 cm³/mol. The fourth-order valence-corrected chi connectivity index (χ4v) is 2.11. The smallest absolute Gasteiger partial charge is 0.349 e. The number of carbonyl (C=O) groups is 3. The molecule has 1 rings (SSSR count). The van der Waals surface area contributed by atoms with Crippen LogP contribution in [0.5, 0.6) is 0 Å². The van der Waals surface area contributed by atoms with Gasteiger partial charge in [-0.1, -0.05) is 0 Å². The molecule has 7 nitrogen and oxygen atoms in total. The summed E-state index contributed by atoms with van der Waals surface area (Å²) < 4.78 is 4.97. The number of anilines is 1. The van der Waals surface area contributed by atoms with Gasteiger partial charge in [-0.05, 0) is 26.8 Å². The molecule has 0 spiro atoms. The Balaban J connectivity index is 2.57. The van der Waals surface area contributed by atoms with Crippen LogP contribution < -0.4 is 16.4 Å². The van der Waals surface area contributed by atoms with E-state index >= 15 is 0 Å². The minimum atomic E-state index is -1.08. The fourth-order valence-electron chi connectivity index (χ4n) is 1.29. The van der Waals surface area contributed by atoms with Gasteiger partial charge in [-0.15, -0.1) is 11.3 Å². The molecular weight excluding hydrogens is 282 g/mol. The van der Waals surface area contributed by atoms with Crippen molar-refractivity contribution in [1.82, 2.24) is 10.6 Å². The maximum atomic E-state index is 11.8. The summed E-state index contributed by atoms with van der Waals surface area (Å²) in [4.78, 5) is 35.7. The highest BCUT2D eigenvalue weighted by Gasteiger charge is 2.21. The molecule has 1 atom stereocenters. The first-order valence-corrected chi connectivity index (χ1v) is 6.82. The zero-order valence-corrected chi connectivity index (χ0v) is 12.3. The average molecular weight is 299 g/mol. The second kappa shape index (κ2) is 6.90. The molecule has 0 aliphatic heterocycles. The Labute approximate surface area is 120 Å². The van der Waals surface area contributed by atoms with Crippen LogP contribution in [0, 0.1) is 6.92 Å². The van der Waals surface area contributed by atoms with Gasteiger partial charge in [0.25, 0.3) is 5.91 Å². The van der Waals surface area contributed by atoms with Gasteiger partial charge in [-0.3, -0.25) is 10.1 Å². The molecule has 8 heteroatoms. The van der Waals surface area contributed by atoms with E-state index in [0.717, 1.165) is 4.88 Å². The summed E-state index contributed by atoms with van der Waals surface area (Å²) >= 11 is 1.19. The molecule has 110 valence electrons. The molecule has 1 aromatic heterocycles. The Kier molecular flexibility index (Phi) is 5.51. The van der Waals surface area contributed by atoms with Crippen LogP contribution in [0.1, 0.15) is 28.4 Å². The Morgan fingerprint density at radius 2 is 2.10 bits per heavy atom. The quantitative estimate of drug-likeness (QED) is 0.719. The van der Waals surface area contributed by atoms with E-state index in [2.05, 4.69) is 10.6 Å². The van der Waals surface area contributed by atoms with Crippen LogP contribution in [0.2, 0.25) is 0 Å². The first-order valence-electron chi connectivity index (χ1n) is 6.00. The Hall–Kier alpha value is -2.09.